The predicted octanol–water partition coefficient (Wildman–Crippen LogP) is 1.77. The van der Waals surface area contributed by atoms with Gasteiger partial charge >= 0.3 is 0 Å². The van der Waals surface area contributed by atoms with E-state index in [9.17, 15) is 0 Å². The van der Waals surface area contributed by atoms with Crippen molar-refractivity contribution in [2.75, 3.05) is 19.3 Å². The molecule has 0 spiro atoms. The summed E-state index contributed by atoms with van der Waals surface area (Å²) in [5.74, 6) is 0.518. The Morgan fingerprint density at radius 1 is 1.54 bits per heavy atom. The lowest BCUT2D eigenvalue weighted by Crippen LogP contribution is -2.18. The molecule has 0 atom stereocenters. The maximum atomic E-state index is 5.95. The second kappa shape index (κ2) is 4.44. The normalized spacial score (nSPS) is 10.8. The Kier molecular flexibility index (Phi) is 3.51. The molecule has 0 aliphatic carbocycles. The van der Waals surface area contributed by atoms with Gasteiger partial charge in [0.05, 0.1) is 10.7 Å². The van der Waals surface area contributed by atoms with E-state index in [-0.39, 0.29) is 0 Å². The highest BCUT2D eigenvalue weighted by Crippen LogP contribution is 2.16. The Hall–Kier alpha value is -0.800. The fraction of sp³-hybridized carbons (Fsp3) is 0.444. The van der Waals surface area contributed by atoms with Gasteiger partial charge in [-0.05, 0) is 25.7 Å². The van der Waals surface area contributed by atoms with Crippen LogP contribution in [0.4, 0.5) is 5.82 Å². The number of nitrogens with two attached hydrogens (primary N) is 1. The lowest BCUT2D eigenvalue weighted by molar-refractivity contribution is 0.341. The molecule has 1 aromatic heterocycles. The fourth-order valence-corrected chi connectivity index (χ4v) is 1.14. The van der Waals surface area contributed by atoms with Gasteiger partial charge in [0.2, 0.25) is 0 Å². The molecule has 0 fully saturated rings. The van der Waals surface area contributed by atoms with Gasteiger partial charge < -0.3 is 10.6 Å². The highest BCUT2D eigenvalue weighted by Gasteiger charge is 2.04. The van der Waals surface area contributed by atoms with E-state index in [1.807, 2.05) is 7.05 Å². The van der Waals surface area contributed by atoms with Crippen LogP contribution in [0, 0.1) is 0 Å². The Labute approximate surface area is 83.5 Å². The molecule has 0 saturated heterocycles. The molecule has 2 N–H and O–H groups in total. The number of rotatable bonds is 3. The summed E-state index contributed by atoms with van der Waals surface area (Å²) in [4.78, 5) is 6.28. The van der Waals surface area contributed by atoms with Crippen LogP contribution in [-0.4, -0.2) is 23.5 Å². The van der Waals surface area contributed by atoms with E-state index in [4.69, 9.17) is 17.3 Å². The van der Waals surface area contributed by atoms with Crippen LogP contribution in [-0.2, 0) is 6.54 Å². The monoisotopic (exact) mass is 199 g/mol. The SMILES string of the molecule is CCN(C)Cc1nc(N)ccc1Cl. The number of pyridine rings is 1. The molecular formula is C9H14ClN3. The molecule has 0 radical (unpaired) electrons. The van der Waals surface area contributed by atoms with Crippen molar-refractivity contribution in [2.45, 2.75) is 13.5 Å². The second-order valence-corrected chi connectivity index (χ2v) is 3.40. The highest BCUT2D eigenvalue weighted by atomic mass is 35.5. The molecule has 72 valence electrons. The number of hydrogen-bond donors (Lipinski definition) is 1. The minimum absolute atomic E-state index is 0.518. The summed E-state index contributed by atoms with van der Waals surface area (Å²) in [6.07, 6.45) is 0. The molecule has 0 aliphatic heterocycles. The first-order valence-electron chi connectivity index (χ1n) is 4.23. The third kappa shape index (κ3) is 2.86. The number of anilines is 1. The Balaban J connectivity index is 2.81. The summed E-state index contributed by atoms with van der Waals surface area (Å²) in [6, 6.07) is 3.49. The topological polar surface area (TPSA) is 42.2 Å². The fourth-order valence-electron chi connectivity index (χ4n) is 0.980. The minimum Gasteiger partial charge on any atom is -0.384 e. The Morgan fingerprint density at radius 3 is 2.85 bits per heavy atom. The summed E-state index contributed by atoms with van der Waals surface area (Å²) in [5.41, 5.74) is 6.40. The van der Waals surface area contributed by atoms with Crippen molar-refractivity contribution in [1.82, 2.24) is 9.88 Å². The second-order valence-electron chi connectivity index (χ2n) is 3.00. The van der Waals surface area contributed by atoms with E-state index in [0.29, 0.717) is 10.8 Å². The van der Waals surface area contributed by atoms with Crippen molar-refractivity contribution in [1.29, 1.82) is 0 Å². The van der Waals surface area contributed by atoms with Gasteiger partial charge in [-0.15, -0.1) is 0 Å². The number of nitrogen functional groups attached to an aromatic ring is 1. The molecule has 1 aromatic rings. The first-order chi connectivity index (χ1) is 6.13. The molecule has 0 amide bonds. The molecule has 1 rings (SSSR count). The molecule has 13 heavy (non-hydrogen) atoms. The van der Waals surface area contributed by atoms with Crippen molar-refractivity contribution in [3.05, 3.63) is 22.8 Å². The van der Waals surface area contributed by atoms with Gasteiger partial charge in [-0.1, -0.05) is 18.5 Å². The lowest BCUT2D eigenvalue weighted by atomic mass is 10.3. The average molecular weight is 200 g/mol. The maximum Gasteiger partial charge on any atom is 0.123 e. The van der Waals surface area contributed by atoms with Gasteiger partial charge in [0, 0.05) is 6.54 Å². The maximum absolute atomic E-state index is 5.95. The predicted molar refractivity (Wildman–Crippen MR) is 55.7 cm³/mol. The number of hydrogen-bond acceptors (Lipinski definition) is 3. The van der Waals surface area contributed by atoms with Crippen molar-refractivity contribution < 1.29 is 0 Å². The van der Waals surface area contributed by atoms with Crippen LogP contribution < -0.4 is 5.73 Å². The molecule has 0 aliphatic rings. The van der Waals surface area contributed by atoms with Gasteiger partial charge in [0.1, 0.15) is 5.82 Å². The van der Waals surface area contributed by atoms with E-state index in [2.05, 4.69) is 16.8 Å². The lowest BCUT2D eigenvalue weighted by Gasteiger charge is -2.14. The van der Waals surface area contributed by atoms with Gasteiger partial charge in [-0.2, -0.15) is 0 Å². The van der Waals surface area contributed by atoms with Crippen LogP contribution in [0.15, 0.2) is 12.1 Å². The van der Waals surface area contributed by atoms with Crippen LogP contribution in [0.25, 0.3) is 0 Å². The van der Waals surface area contributed by atoms with Crippen molar-refractivity contribution in [2.24, 2.45) is 0 Å². The van der Waals surface area contributed by atoms with Crippen molar-refractivity contribution in [3.63, 3.8) is 0 Å². The molecular weight excluding hydrogens is 186 g/mol. The number of nitrogens with zero attached hydrogens (tertiary/aromatic N) is 2. The molecule has 0 saturated carbocycles. The van der Waals surface area contributed by atoms with Crippen LogP contribution in [0.2, 0.25) is 5.02 Å². The largest absolute Gasteiger partial charge is 0.384 e. The summed E-state index contributed by atoms with van der Waals surface area (Å²) in [5, 5.41) is 0.675. The highest BCUT2D eigenvalue weighted by molar-refractivity contribution is 6.31. The third-order valence-electron chi connectivity index (χ3n) is 1.90. The summed E-state index contributed by atoms with van der Waals surface area (Å²) in [6.45, 7) is 3.79. The van der Waals surface area contributed by atoms with Crippen molar-refractivity contribution in [3.8, 4) is 0 Å². The molecule has 0 unspecified atom stereocenters. The van der Waals surface area contributed by atoms with E-state index < -0.39 is 0 Å². The first-order valence-corrected chi connectivity index (χ1v) is 4.60. The molecule has 1 heterocycles. The van der Waals surface area contributed by atoms with Gasteiger partial charge in [0.25, 0.3) is 0 Å². The molecule has 0 aromatic carbocycles. The average Bonchev–Trinajstić information content (AvgIpc) is 2.11. The number of halogens is 1. The van der Waals surface area contributed by atoms with E-state index >= 15 is 0 Å². The van der Waals surface area contributed by atoms with E-state index in [1.165, 1.54) is 0 Å². The quantitative estimate of drug-likeness (QED) is 0.807. The summed E-state index contributed by atoms with van der Waals surface area (Å²) in [7, 11) is 2.02. The van der Waals surface area contributed by atoms with E-state index in [0.717, 1.165) is 18.8 Å². The summed E-state index contributed by atoms with van der Waals surface area (Å²) < 4.78 is 0. The van der Waals surface area contributed by atoms with Gasteiger partial charge in [0.15, 0.2) is 0 Å². The van der Waals surface area contributed by atoms with Gasteiger partial charge in [-0.25, -0.2) is 4.98 Å². The van der Waals surface area contributed by atoms with Gasteiger partial charge in [-0.3, -0.25) is 0 Å². The van der Waals surface area contributed by atoms with Crippen LogP contribution in [0.5, 0.6) is 0 Å². The number of aromatic nitrogens is 1. The standard InChI is InChI=1S/C9H14ClN3/c1-3-13(2)6-8-7(10)4-5-9(11)12-8/h4-5H,3,6H2,1-2H3,(H2,11,12). The minimum atomic E-state index is 0.518. The smallest absolute Gasteiger partial charge is 0.123 e. The Morgan fingerprint density at radius 2 is 2.23 bits per heavy atom. The molecule has 4 heteroatoms. The van der Waals surface area contributed by atoms with Crippen LogP contribution >= 0.6 is 11.6 Å². The first kappa shape index (κ1) is 10.3. The molecule has 0 bridgehead atoms. The Bertz CT molecular complexity index is 288. The van der Waals surface area contributed by atoms with Crippen LogP contribution in [0.1, 0.15) is 12.6 Å². The third-order valence-corrected chi connectivity index (χ3v) is 2.24. The zero-order valence-corrected chi connectivity index (χ0v) is 8.67. The zero-order chi connectivity index (χ0) is 9.84. The van der Waals surface area contributed by atoms with E-state index in [1.54, 1.807) is 12.1 Å². The molecule has 3 nitrogen and oxygen atoms in total. The summed E-state index contributed by atoms with van der Waals surface area (Å²) >= 11 is 5.95. The van der Waals surface area contributed by atoms with Crippen molar-refractivity contribution >= 4 is 17.4 Å². The zero-order valence-electron chi connectivity index (χ0n) is 7.92. The van der Waals surface area contributed by atoms with Crippen LogP contribution in [0.3, 0.4) is 0 Å².